The Bertz CT molecular complexity index is 1180. The predicted octanol–water partition coefficient (Wildman–Crippen LogP) is 4.14. The van der Waals surface area contributed by atoms with Crippen molar-refractivity contribution in [2.45, 2.75) is 37.0 Å². The van der Waals surface area contributed by atoms with Gasteiger partial charge >= 0.3 is 5.97 Å². The Balaban J connectivity index is 1.24. The molecule has 2 N–H and O–H groups in total. The SMILES string of the molecule is CN(CC(=O)Nc1ccc(C=O)cc1)[C@H]1[C@H]2CC[C@@H]1[C@H](OC(=O)C(O)(c1cccs1)c1cccs1)C2. The van der Waals surface area contributed by atoms with Gasteiger partial charge in [-0.1, -0.05) is 12.1 Å². The molecule has 2 heterocycles. The highest BCUT2D eigenvalue weighted by molar-refractivity contribution is 7.12. The second-order valence-electron chi connectivity index (χ2n) is 9.54. The highest BCUT2D eigenvalue weighted by Crippen LogP contribution is 2.49. The number of rotatable bonds is 9. The van der Waals surface area contributed by atoms with Gasteiger partial charge in [-0.15, -0.1) is 22.7 Å². The van der Waals surface area contributed by atoms with E-state index < -0.39 is 11.6 Å². The maximum atomic E-state index is 13.4. The summed E-state index contributed by atoms with van der Waals surface area (Å²) in [5.74, 6) is -0.336. The minimum atomic E-state index is -1.81. The molecule has 5 rings (SSSR count). The van der Waals surface area contributed by atoms with Gasteiger partial charge in [-0.25, -0.2) is 4.79 Å². The normalized spacial score (nSPS) is 23.1. The number of hydrogen-bond donors (Lipinski definition) is 2. The number of carbonyl (C=O) groups is 3. The smallest absolute Gasteiger partial charge is 0.349 e. The lowest BCUT2D eigenvalue weighted by atomic mass is 9.96. The zero-order valence-electron chi connectivity index (χ0n) is 19.8. The number of nitrogens with zero attached hydrogens (tertiary/aromatic N) is 1. The third-order valence-electron chi connectivity index (χ3n) is 7.35. The topological polar surface area (TPSA) is 95.9 Å². The largest absolute Gasteiger partial charge is 0.459 e. The standard InChI is InChI=1S/C27H28N2O5S2/c1-29(15-24(31)28-19-9-6-17(16-30)7-10-19)25-18-8-11-20(25)21(14-18)34-26(32)27(33,22-4-2-12-35-22)23-5-3-13-36-23/h2-7,9-10,12-13,16,18,20-21,25,33H,8,11,14-15H2,1H3,(H,28,31)/t18-,20+,21+,25-/m0/s1. The van der Waals surface area contributed by atoms with Crippen molar-refractivity contribution >= 4 is 46.5 Å². The molecule has 2 bridgehead atoms. The average Bonchev–Trinajstić information content (AvgIpc) is 3.68. The maximum absolute atomic E-state index is 13.4. The van der Waals surface area contributed by atoms with Crippen LogP contribution in [0.25, 0.3) is 0 Å². The Morgan fingerprint density at radius 2 is 1.78 bits per heavy atom. The van der Waals surface area contributed by atoms with Crippen molar-refractivity contribution in [1.82, 2.24) is 4.90 Å². The van der Waals surface area contributed by atoms with Gasteiger partial charge in [0.25, 0.3) is 0 Å². The number of ether oxygens (including phenoxy) is 1. The van der Waals surface area contributed by atoms with Crippen LogP contribution in [0.4, 0.5) is 5.69 Å². The van der Waals surface area contributed by atoms with Crippen LogP contribution in [0.1, 0.15) is 39.4 Å². The number of esters is 1. The van der Waals surface area contributed by atoms with E-state index in [2.05, 4.69) is 10.2 Å². The number of likely N-dealkylation sites (N-methyl/N-ethyl adjacent to an activating group) is 1. The van der Waals surface area contributed by atoms with Crippen molar-refractivity contribution in [1.29, 1.82) is 0 Å². The van der Waals surface area contributed by atoms with Gasteiger partial charge in [-0.3, -0.25) is 14.5 Å². The molecule has 0 unspecified atom stereocenters. The fourth-order valence-electron chi connectivity index (χ4n) is 5.75. The van der Waals surface area contributed by atoms with Crippen LogP contribution in [-0.2, 0) is 19.9 Å². The molecule has 0 aliphatic heterocycles. The zero-order valence-corrected chi connectivity index (χ0v) is 21.5. The third-order valence-corrected chi connectivity index (χ3v) is 9.30. The lowest BCUT2D eigenvalue weighted by molar-refractivity contribution is -0.170. The Morgan fingerprint density at radius 1 is 1.11 bits per heavy atom. The summed E-state index contributed by atoms with van der Waals surface area (Å²) < 4.78 is 6.03. The van der Waals surface area contributed by atoms with Crippen molar-refractivity contribution in [3.05, 3.63) is 74.6 Å². The summed E-state index contributed by atoms with van der Waals surface area (Å²) in [6.07, 6.45) is 3.14. The molecule has 1 aromatic carbocycles. The number of thiophene rings is 2. The van der Waals surface area contributed by atoms with Crippen molar-refractivity contribution < 1.29 is 24.2 Å². The number of benzene rings is 1. The van der Waals surface area contributed by atoms with Crippen LogP contribution < -0.4 is 5.32 Å². The number of carbonyl (C=O) groups excluding carboxylic acids is 3. The lowest BCUT2D eigenvalue weighted by Crippen LogP contribution is -2.43. The molecule has 2 aliphatic carbocycles. The maximum Gasteiger partial charge on any atom is 0.349 e. The predicted molar refractivity (Wildman–Crippen MR) is 139 cm³/mol. The average molecular weight is 525 g/mol. The molecular formula is C27H28N2O5S2. The highest BCUT2D eigenvalue weighted by Gasteiger charge is 2.53. The quantitative estimate of drug-likeness (QED) is 0.323. The summed E-state index contributed by atoms with van der Waals surface area (Å²) in [6.45, 7) is 0.210. The fraction of sp³-hybridized carbons (Fsp3) is 0.370. The van der Waals surface area contributed by atoms with Gasteiger partial charge in [-0.05, 0) is 79.4 Å². The van der Waals surface area contributed by atoms with Crippen LogP contribution in [0.3, 0.4) is 0 Å². The van der Waals surface area contributed by atoms with Gasteiger partial charge in [-0.2, -0.15) is 0 Å². The van der Waals surface area contributed by atoms with Gasteiger partial charge in [0.1, 0.15) is 12.4 Å². The molecule has 9 heteroatoms. The van der Waals surface area contributed by atoms with E-state index in [1.54, 1.807) is 36.4 Å². The van der Waals surface area contributed by atoms with E-state index in [4.69, 9.17) is 4.74 Å². The molecule has 2 aromatic heterocycles. The summed E-state index contributed by atoms with van der Waals surface area (Å²) in [6, 6.07) is 14.0. The van der Waals surface area contributed by atoms with Gasteiger partial charge < -0.3 is 15.2 Å². The van der Waals surface area contributed by atoms with Crippen molar-refractivity contribution in [3.63, 3.8) is 0 Å². The van der Waals surface area contributed by atoms with Gasteiger partial charge in [0, 0.05) is 23.2 Å². The first kappa shape index (κ1) is 24.8. The second kappa shape index (κ2) is 10.3. The first-order chi connectivity index (χ1) is 17.4. The van der Waals surface area contributed by atoms with Crippen molar-refractivity contribution in [2.24, 2.45) is 11.8 Å². The molecule has 0 saturated heterocycles. The van der Waals surface area contributed by atoms with E-state index in [0.29, 0.717) is 26.9 Å². The summed E-state index contributed by atoms with van der Waals surface area (Å²) in [4.78, 5) is 40.1. The fourth-order valence-corrected chi connectivity index (χ4v) is 7.46. The first-order valence-corrected chi connectivity index (χ1v) is 13.7. The number of hydrogen-bond acceptors (Lipinski definition) is 8. The van der Waals surface area contributed by atoms with Gasteiger partial charge in [0.2, 0.25) is 11.5 Å². The Hall–Kier alpha value is -2.85. The van der Waals surface area contributed by atoms with Crippen LogP contribution in [0.15, 0.2) is 59.3 Å². The molecule has 36 heavy (non-hydrogen) atoms. The van der Waals surface area contributed by atoms with Crippen molar-refractivity contribution in [2.75, 3.05) is 18.9 Å². The number of anilines is 1. The van der Waals surface area contributed by atoms with E-state index >= 15 is 0 Å². The Kier molecular flexibility index (Phi) is 7.07. The number of aldehydes is 1. The Morgan fingerprint density at radius 3 is 2.36 bits per heavy atom. The summed E-state index contributed by atoms with van der Waals surface area (Å²) >= 11 is 2.66. The second-order valence-corrected chi connectivity index (χ2v) is 11.4. The van der Waals surface area contributed by atoms with Crippen molar-refractivity contribution in [3.8, 4) is 0 Å². The van der Waals surface area contributed by atoms with E-state index in [1.807, 2.05) is 29.9 Å². The molecule has 2 fully saturated rings. The zero-order chi connectivity index (χ0) is 25.3. The number of fused-ring (bicyclic) bond motifs is 2. The number of nitrogens with one attached hydrogen (secondary N) is 1. The van der Waals surface area contributed by atoms with E-state index in [1.165, 1.54) is 22.7 Å². The van der Waals surface area contributed by atoms with Gasteiger partial charge in [0.15, 0.2) is 0 Å². The first-order valence-electron chi connectivity index (χ1n) is 12.0. The third kappa shape index (κ3) is 4.64. The van der Waals surface area contributed by atoms with Crippen LogP contribution in [-0.4, -0.2) is 53.9 Å². The van der Waals surface area contributed by atoms with E-state index in [-0.39, 0.29) is 30.5 Å². The number of aliphatic hydroxyl groups is 1. The molecule has 3 aromatic rings. The monoisotopic (exact) mass is 524 g/mol. The molecule has 188 valence electrons. The van der Waals surface area contributed by atoms with E-state index in [9.17, 15) is 19.5 Å². The van der Waals surface area contributed by atoms with Crippen LogP contribution >= 0.6 is 22.7 Å². The molecule has 4 atom stereocenters. The number of amides is 1. The lowest BCUT2D eigenvalue weighted by Gasteiger charge is -2.30. The molecule has 7 nitrogen and oxygen atoms in total. The molecular weight excluding hydrogens is 496 g/mol. The Labute approximate surface area is 217 Å². The van der Waals surface area contributed by atoms with Crippen LogP contribution in [0.5, 0.6) is 0 Å². The molecule has 2 aliphatic rings. The molecule has 1 amide bonds. The summed E-state index contributed by atoms with van der Waals surface area (Å²) in [7, 11) is 1.93. The van der Waals surface area contributed by atoms with Gasteiger partial charge in [0.05, 0.1) is 16.3 Å². The van der Waals surface area contributed by atoms with Crippen LogP contribution in [0.2, 0.25) is 0 Å². The van der Waals surface area contributed by atoms with Crippen LogP contribution in [0, 0.1) is 11.8 Å². The summed E-state index contributed by atoms with van der Waals surface area (Å²) in [5.41, 5.74) is -0.620. The summed E-state index contributed by atoms with van der Waals surface area (Å²) in [5, 5.41) is 18.1. The molecule has 2 saturated carbocycles. The van der Waals surface area contributed by atoms with E-state index in [0.717, 1.165) is 25.5 Å². The molecule has 0 spiro atoms. The molecule has 0 radical (unpaired) electrons. The minimum absolute atomic E-state index is 0.111. The minimum Gasteiger partial charge on any atom is -0.459 e. The highest BCUT2D eigenvalue weighted by atomic mass is 32.1.